The van der Waals surface area contributed by atoms with Crippen molar-refractivity contribution in [2.45, 2.75) is 6.54 Å². The second-order valence-electron chi connectivity index (χ2n) is 3.85. The number of rotatable bonds is 3. The number of imidazole rings is 1. The number of aromatic nitrogens is 4. The van der Waals surface area contributed by atoms with Crippen molar-refractivity contribution in [2.75, 3.05) is 5.73 Å². The Labute approximate surface area is 108 Å². The molecule has 0 aliphatic rings. The lowest BCUT2D eigenvalue weighted by Crippen LogP contribution is -2.02. The monoisotopic (exact) mass is 257 g/mol. The van der Waals surface area contributed by atoms with E-state index in [4.69, 9.17) is 5.73 Å². The third kappa shape index (κ3) is 1.98. The predicted molar refractivity (Wildman–Crippen MR) is 71.1 cm³/mol. The van der Waals surface area contributed by atoms with Crippen molar-refractivity contribution in [1.29, 1.82) is 0 Å². The van der Waals surface area contributed by atoms with Gasteiger partial charge in [0.15, 0.2) is 0 Å². The third-order valence-corrected chi connectivity index (χ3v) is 3.29. The Balaban J connectivity index is 1.99. The van der Waals surface area contributed by atoms with Crippen LogP contribution in [0.25, 0.3) is 11.3 Å². The number of nitrogens with two attached hydrogens (primary N) is 1. The molecule has 0 unspecified atom stereocenters. The minimum absolute atomic E-state index is 0.688. The van der Waals surface area contributed by atoms with Gasteiger partial charge in [-0.05, 0) is 6.07 Å². The molecular weight excluding hydrogens is 246 g/mol. The van der Waals surface area contributed by atoms with E-state index in [1.54, 1.807) is 42.3 Å². The largest absolute Gasteiger partial charge is 0.398 e. The van der Waals surface area contributed by atoms with Gasteiger partial charge in [0.05, 0.1) is 36.0 Å². The summed E-state index contributed by atoms with van der Waals surface area (Å²) >= 11 is 1.58. The lowest BCUT2D eigenvalue weighted by Gasteiger charge is -2.08. The fourth-order valence-electron chi connectivity index (χ4n) is 1.78. The fourth-order valence-corrected chi connectivity index (χ4v) is 2.33. The topological polar surface area (TPSA) is 69.6 Å². The van der Waals surface area contributed by atoms with Crippen molar-refractivity contribution in [2.24, 2.45) is 0 Å². The Kier molecular flexibility index (Phi) is 2.77. The zero-order valence-electron chi connectivity index (χ0n) is 9.52. The molecule has 3 aromatic heterocycles. The Bertz CT molecular complexity index is 644. The van der Waals surface area contributed by atoms with Gasteiger partial charge in [-0.15, -0.1) is 11.3 Å². The summed E-state index contributed by atoms with van der Waals surface area (Å²) in [6, 6.07) is 1.79. The first-order valence-electron chi connectivity index (χ1n) is 5.41. The molecule has 0 fully saturated rings. The first-order valence-corrected chi connectivity index (χ1v) is 6.36. The zero-order chi connectivity index (χ0) is 12.4. The standard InChI is InChI=1S/C12H11N5S/c13-11-1-2-14-3-10(11)12-4-15-7-17(12)5-9-6-18-8-16-9/h1-4,6-8H,5H2,(H2,13,14). The Morgan fingerprint density at radius 3 is 3.00 bits per heavy atom. The van der Waals surface area contributed by atoms with Crippen LogP contribution in [-0.4, -0.2) is 19.5 Å². The maximum absolute atomic E-state index is 5.96. The van der Waals surface area contributed by atoms with Gasteiger partial charge in [0, 0.05) is 29.0 Å². The first kappa shape index (κ1) is 10.9. The molecule has 5 nitrogen and oxygen atoms in total. The van der Waals surface area contributed by atoms with E-state index in [2.05, 4.69) is 15.0 Å². The molecule has 0 spiro atoms. The predicted octanol–water partition coefficient (Wildman–Crippen LogP) is 2.03. The maximum Gasteiger partial charge on any atom is 0.0954 e. The molecule has 6 heteroatoms. The van der Waals surface area contributed by atoms with Gasteiger partial charge in [-0.2, -0.15) is 0 Å². The summed E-state index contributed by atoms with van der Waals surface area (Å²) in [6.07, 6.45) is 7.00. The molecule has 18 heavy (non-hydrogen) atoms. The molecule has 0 aromatic carbocycles. The Morgan fingerprint density at radius 1 is 1.28 bits per heavy atom. The van der Waals surface area contributed by atoms with Crippen LogP contribution in [0.1, 0.15) is 5.69 Å². The van der Waals surface area contributed by atoms with Gasteiger partial charge < -0.3 is 10.3 Å². The van der Waals surface area contributed by atoms with Gasteiger partial charge in [0.1, 0.15) is 0 Å². The van der Waals surface area contributed by atoms with Gasteiger partial charge in [-0.1, -0.05) is 0 Å². The van der Waals surface area contributed by atoms with E-state index in [0.29, 0.717) is 12.2 Å². The summed E-state index contributed by atoms with van der Waals surface area (Å²) in [6.45, 7) is 0.688. The van der Waals surface area contributed by atoms with E-state index < -0.39 is 0 Å². The lowest BCUT2D eigenvalue weighted by molar-refractivity contribution is 0.785. The van der Waals surface area contributed by atoms with Crippen molar-refractivity contribution in [3.05, 3.63) is 47.6 Å². The zero-order valence-corrected chi connectivity index (χ0v) is 10.3. The van der Waals surface area contributed by atoms with E-state index >= 15 is 0 Å². The highest BCUT2D eigenvalue weighted by Crippen LogP contribution is 2.24. The molecule has 0 amide bonds. The quantitative estimate of drug-likeness (QED) is 0.779. The molecule has 90 valence electrons. The molecule has 0 saturated carbocycles. The number of nitrogen functional groups attached to an aromatic ring is 1. The van der Waals surface area contributed by atoms with Crippen LogP contribution in [0.5, 0.6) is 0 Å². The smallest absolute Gasteiger partial charge is 0.0954 e. The van der Waals surface area contributed by atoms with Crippen molar-refractivity contribution in [3.63, 3.8) is 0 Å². The minimum atomic E-state index is 0.688. The number of thiazole rings is 1. The van der Waals surface area contributed by atoms with Crippen molar-refractivity contribution >= 4 is 17.0 Å². The fraction of sp³-hybridized carbons (Fsp3) is 0.0833. The molecule has 0 radical (unpaired) electrons. The first-order chi connectivity index (χ1) is 8.84. The summed E-state index contributed by atoms with van der Waals surface area (Å²) in [5.41, 5.74) is 11.3. The molecule has 0 aliphatic carbocycles. The van der Waals surface area contributed by atoms with E-state index in [0.717, 1.165) is 17.0 Å². The van der Waals surface area contributed by atoms with Crippen LogP contribution in [0.15, 0.2) is 41.9 Å². The number of hydrogen-bond donors (Lipinski definition) is 1. The minimum Gasteiger partial charge on any atom is -0.398 e. The Morgan fingerprint density at radius 2 is 2.22 bits per heavy atom. The van der Waals surface area contributed by atoms with Gasteiger partial charge in [-0.25, -0.2) is 9.97 Å². The van der Waals surface area contributed by atoms with E-state index in [-0.39, 0.29) is 0 Å². The molecule has 3 rings (SSSR count). The van der Waals surface area contributed by atoms with Crippen LogP contribution >= 0.6 is 11.3 Å². The van der Waals surface area contributed by atoms with E-state index in [1.807, 2.05) is 15.5 Å². The van der Waals surface area contributed by atoms with Crippen molar-refractivity contribution in [1.82, 2.24) is 19.5 Å². The average Bonchev–Trinajstić information content (AvgIpc) is 3.02. The summed E-state index contributed by atoms with van der Waals surface area (Å²) in [5, 5.41) is 2.02. The molecule has 3 heterocycles. The highest BCUT2D eigenvalue weighted by molar-refractivity contribution is 7.07. The number of hydrogen-bond acceptors (Lipinski definition) is 5. The third-order valence-electron chi connectivity index (χ3n) is 2.66. The van der Waals surface area contributed by atoms with Crippen LogP contribution in [0.4, 0.5) is 5.69 Å². The summed E-state index contributed by atoms with van der Waals surface area (Å²) in [4.78, 5) is 12.6. The second kappa shape index (κ2) is 4.58. The van der Waals surface area contributed by atoms with E-state index in [1.165, 1.54) is 0 Å². The lowest BCUT2D eigenvalue weighted by atomic mass is 10.2. The van der Waals surface area contributed by atoms with Crippen LogP contribution in [-0.2, 0) is 6.54 Å². The normalized spacial score (nSPS) is 10.7. The molecule has 0 aliphatic heterocycles. The van der Waals surface area contributed by atoms with E-state index in [9.17, 15) is 0 Å². The maximum atomic E-state index is 5.96. The van der Waals surface area contributed by atoms with Gasteiger partial charge >= 0.3 is 0 Å². The van der Waals surface area contributed by atoms with Gasteiger partial charge in [0.2, 0.25) is 0 Å². The molecule has 0 saturated heterocycles. The molecule has 0 bridgehead atoms. The molecule has 0 atom stereocenters. The number of pyridine rings is 1. The van der Waals surface area contributed by atoms with Crippen LogP contribution in [0.2, 0.25) is 0 Å². The highest BCUT2D eigenvalue weighted by atomic mass is 32.1. The van der Waals surface area contributed by atoms with Gasteiger partial charge in [0.25, 0.3) is 0 Å². The second-order valence-corrected chi connectivity index (χ2v) is 4.57. The van der Waals surface area contributed by atoms with Crippen molar-refractivity contribution in [3.8, 4) is 11.3 Å². The van der Waals surface area contributed by atoms with Crippen molar-refractivity contribution < 1.29 is 0 Å². The van der Waals surface area contributed by atoms with Crippen LogP contribution < -0.4 is 5.73 Å². The number of anilines is 1. The summed E-state index contributed by atoms with van der Waals surface area (Å²) in [7, 11) is 0. The van der Waals surface area contributed by atoms with Crippen LogP contribution in [0.3, 0.4) is 0 Å². The molecule has 2 N–H and O–H groups in total. The molecule has 3 aromatic rings. The molecular formula is C12H11N5S. The summed E-state index contributed by atoms with van der Waals surface area (Å²) < 4.78 is 2.02. The Hall–Kier alpha value is -2.21. The highest BCUT2D eigenvalue weighted by Gasteiger charge is 2.09. The number of nitrogens with zero attached hydrogens (tertiary/aromatic N) is 4. The summed E-state index contributed by atoms with van der Waals surface area (Å²) in [5.74, 6) is 0. The SMILES string of the molecule is Nc1ccncc1-c1cncn1Cc1cscn1. The van der Waals surface area contributed by atoms with Gasteiger partial charge in [-0.3, -0.25) is 4.98 Å². The average molecular weight is 257 g/mol. The van der Waals surface area contributed by atoms with Crippen LogP contribution in [0, 0.1) is 0 Å².